The number of nitrogens with one attached hydrogen (secondary N) is 1. The zero-order valence-electron chi connectivity index (χ0n) is 17.5. The molecule has 3 aromatic rings. The van der Waals surface area contributed by atoms with Crippen molar-refractivity contribution < 1.29 is 29.3 Å². The number of benzene rings is 2. The number of rotatable bonds is 8. The van der Waals surface area contributed by atoms with Crippen molar-refractivity contribution >= 4 is 28.8 Å². The van der Waals surface area contributed by atoms with Gasteiger partial charge in [-0.1, -0.05) is 29.5 Å². The molecule has 170 valence electrons. The van der Waals surface area contributed by atoms with E-state index in [-0.39, 0.29) is 32.0 Å². The highest BCUT2D eigenvalue weighted by atomic mass is 16.5. The Labute approximate surface area is 187 Å². The summed E-state index contributed by atoms with van der Waals surface area (Å²) in [6, 6.07) is 14.7. The molecular formula is C22H21N5O6. The van der Waals surface area contributed by atoms with Crippen molar-refractivity contribution in [2.75, 3.05) is 13.1 Å². The predicted molar refractivity (Wildman–Crippen MR) is 115 cm³/mol. The van der Waals surface area contributed by atoms with Crippen LogP contribution in [0, 0.1) is 0 Å². The molecule has 11 nitrogen and oxygen atoms in total. The first-order chi connectivity index (χ1) is 15.9. The van der Waals surface area contributed by atoms with E-state index in [1.54, 1.807) is 28.9 Å². The van der Waals surface area contributed by atoms with E-state index in [1.807, 2.05) is 24.3 Å². The molecule has 0 fully saturated rings. The minimum atomic E-state index is -1.25. The van der Waals surface area contributed by atoms with Crippen molar-refractivity contribution in [2.24, 2.45) is 0 Å². The Morgan fingerprint density at radius 3 is 2.64 bits per heavy atom. The largest absolute Gasteiger partial charge is 0.511 e. The summed E-state index contributed by atoms with van der Waals surface area (Å²) in [4.78, 5) is 36.9. The topological polar surface area (TPSA) is 147 Å². The minimum absolute atomic E-state index is 0.106. The smallest absolute Gasteiger partial charge is 0.322 e. The number of hydrogen-bond acceptors (Lipinski definition) is 7. The second kappa shape index (κ2) is 9.39. The SMILES string of the molecule is O=C(O)CNC(=O)C1=C(O)CCN(Cc2ccc(OCn3nnc4ccccc43)cc2)C1=O. The molecule has 1 aliphatic heterocycles. The predicted octanol–water partition coefficient (Wildman–Crippen LogP) is 1.21. The number of amides is 2. The summed E-state index contributed by atoms with van der Waals surface area (Å²) in [6.45, 7) is -0.00802. The third-order valence-corrected chi connectivity index (χ3v) is 5.11. The molecule has 2 aromatic carbocycles. The number of aliphatic hydroxyl groups excluding tert-OH is 1. The number of aliphatic carboxylic acids is 1. The molecule has 11 heteroatoms. The van der Waals surface area contributed by atoms with E-state index in [0.29, 0.717) is 5.75 Å². The monoisotopic (exact) mass is 451 g/mol. The van der Waals surface area contributed by atoms with Gasteiger partial charge in [-0.2, -0.15) is 0 Å². The number of nitrogens with zero attached hydrogens (tertiary/aromatic N) is 4. The summed E-state index contributed by atoms with van der Waals surface area (Å²) in [7, 11) is 0. The molecule has 33 heavy (non-hydrogen) atoms. The maximum Gasteiger partial charge on any atom is 0.322 e. The molecule has 2 amide bonds. The van der Waals surface area contributed by atoms with E-state index in [0.717, 1.165) is 16.6 Å². The van der Waals surface area contributed by atoms with Crippen molar-refractivity contribution in [2.45, 2.75) is 19.7 Å². The molecule has 1 aliphatic rings. The number of fused-ring (bicyclic) bond motifs is 1. The molecule has 1 aromatic heterocycles. The first-order valence-corrected chi connectivity index (χ1v) is 10.1. The van der Waals surface area contributed by atoms with Gasteiger partial charge < -0.3 is 25.2 Å². The van der Waals surface area contributed by atoms with Gasteiger partial charge in [0.1, 0.15) is 29.1 Å². The quantitative estimate of drug-likeness (QED) is 0.433. The molecule has 0 unspecified atom stereocenters. The van der Waals surface area contributed by atoms with Crippen molar-refractivity contribution in [3.63, 3.8) is 0 Å². The average molecular weight is 451 g/mol. The van der Waals surface area contributed by atoms with Crippen LogP contribution in [0.1, 0.15) is 12.0 Å². The van der Waals surface area contributed by atoms with Gasteiger partial charge in [0.05, 0.1) is 5.52 Å². The molecule has 0 saturated carbocycles. The Morgan fingerprint density at radius 2 is 1.88 bits per heavy atom. The van der Waals surface area contributed by atoms with Crippen LogP contribution in [0.3, 0.4) is 0 Å². The molecule has 3 N–H and O–H groups in total. The van der Waals surface area contributed by atoms with Crippen LogP contribution in [0.15, 0.2) is 59.9 Å². The van der Waals surface area contributed by atoms with Crippen LogP contribution in [-0.2, 0) is 27.7 Å². The molecule has 4 rings (SSSR count). The summed E-state index contributed by atoms with van der Waals surface area (Å²) in [5.41, 5.74) is 2.01. The lowest BCUT2D eigenvalue weighted by molar-refractivity contribution is -0.138. The van der Waals surface area contributed by atoms with E-state index in [1.165, 1.54) is 4.90 Å². The van der Waals surface area contributed by atoms with Crippen molar-refractivity contribution in [1.82, 2.24) is 25.2 Å². The normalized spacial score (nSPS) is 13.9. The third-order valence-electron chi connectivity index (χ3n) is 5.11. The van der Waals surface area contributed by atoms with Crippen LogP contribution >= 0.6 is 0 Å². The fraction of sp³-hybridized carbons (Fsp3) is 0.227. The molecule has 0 saturated heterocycles. The van der Waals surface area contributed by atoms with Gasteiger partial charge in [0.15, 0.2) is 6.73 Å². The van der Waals surface area contributed by atoms with E-state index < -0.39 is 29.9 Å². The number of aromatic nitrogens is 3. The maximum atomic E-state index is 12.7. The van der Waals surface area contributed by atoms with Crippen LogP contribution in [-0.4, -0.2) is 61.0 Å². The van der Waals surface area contributed by atoms with Crippen molar-refractivity contribution in [3.8, 4) is 5.75 Å². The minimum Gasteiger partial charge on any atom is -0.511 e. The van der Waals surface area contributed by atoms with Gasteiger partial charge in [0, 0.05) is 19.5 Å². The summed E-state index contributed by atoms with van der Waals surface area (Å²) in [5, 5.41) is 28.9. The zero-order valence-corrected chi connectivity index (χ0v) is 17.5. The molecule has 0 radical (unpaired) electrons. The van der Waals surface area contributed by atoms with Gasteiger partial charge in [-0.25, -0.2) is 4.68 Å². The van der Waals surface area contributed by atoms with Gasteiger partial charge in [-0.05, 0) is 29.8 Å². The number of carboxylic acid groups (broad SMARTS) is 1. The van der Waals surface area contributed by atoms with Crippen LogP contribution < -0.4 is 10.1 Å². The molecule has 0 aliphatic carbocycles. The number of ether oxygens (including phenoxy) is 1. The summed E-state index contributed by atoms with van der Waals surface area (Å²) in [5.74, 6) is -2.55. The van der Waals surface area contributed by atoms with E-state index in [2.05, 4.69) is 15.6 Å². The highest BCUT2D eigenvalue weighted by molar-refractivity contribution is 6.19. The summed E-state index contributed by atoms with van der Waals surface area (Å²) < 4.78 is 7.42. The lowest BCUT2D eigenvalue weighted by Gasteiger charge is -2.28. The number of aliphatic hydroxyl groups is 1. The number of hydrogen-bond donors (Lipinski definition) is 3. The van der Waals surface area contributed by atoms with Crippen molar-refractivity contribution in [3.05, 3.63) is 65.4 Å². The first kappa shape index (κ1) is 21.8. The summed E-state index contributed by atoms with van der Waals surface area (Å²) >= 11 is 0. The van der Waals surface area contributed by atoms with Crippen molar-refractivity contribution in [1.29, 1.82) is 0 Å². The highest BCUT2D eigenvalue weighted by Gasteiger charge is 2.32. The van der Waals surface area contributed by atoms with Gasteiger partial charge in [-0.3, -0.25) is 14.4 Å². The van der Waals surface area contributed by atoms with Crippen LogP contribution in [0.2, 0.25) is 0 Å². The standard InChI is InChI=1S/C22H21N5O6/c28-18-9-10-26(22(32)20(18)21(31)23-11-19(29)30)12-14-5-7-15(8-6-14)33-13-27-17-4-2-1-3-16(17)24-25-27/h1-8,28H,9-13H2,(H,23,31)(H,29,30). The molecule has 0 bridgehead atoms. The zero-order chi connectivity index (χ0) is 23.4. The highest BCUT2D eigenvalue weighted by Crippen LogP contribution is 2.21. The van der Waals surface area contributed by atoms with E-state index in [4.69, 9.17) is 9.84 Å². The fourth-order valence-electron chi connectivity index (χ4n) is 3.43. The van der Waals surface area contributed by atoms with E-state index >= 15 is 0 Å². The van der Waals surface area contributed by atoms with Crippen LogP contribution in [0.5, 0.6) is 5.75 Å². The Bertz CT molecular complexity index is 1230. The van der Waals surface area contributed by atoms with Crippen LogP contribution in [0.4, 0.5) is 0 Å². The lowest BCUT2D eigenvalue weighted by atomic mass is 10.0. The Kier molecular flexibility index (Phi) is 6.20. The second-order valence-corrected chi connectivity index (χ2v) is 7.37. The number of para-hydroxylation sites is 1. The lowest BCUT2D eigenvalue weighted by Crippen LogP contribution is -2.43. The number of carbonyl (C=O) groups excluding carboxylic acids is 2. The maximum absolute atomic E-state index is 12.7. The Morgan fingerprint density at radius 1 is 1.12 bits per heavy atom. The Hall–Kier alpha value is -4.41. The number of carbonyl (C=O) groups is 3. The Balaban J connectivity index is 1.37. The second-order valence-electron chi connectivity index (χ2n) is 7.37. The molecule has 0 atom stereocenters. The molecular weight excluding hydrogens is 430 g/mol. The molecule has 2 heterocycles. The average Bonchev–Trinajstić information content (AvgIpc) is 3.22. The first-order valence-electron chi connectivity index (χ1n) is 10.1. The van der Waals surface area contributed by atoms with Gasteiger partial charge in [0.2, 0.25) is 0 Å². The van der Waals surface area contributed by atoms with Crippen LogP contribution in [0.25, 0.3) is 11.0 Å². The number of carboxylic acids is 1. The molecule has 0 spiro atoms. The van der Waals surface area contributed by atoms with Gasteiger partial charge in [-0.15, -0.1) is 5.10 Å². The van der Waals surface area contributed by atoms with Gasteiger partial charge >= 0.3 is 5.97 Å². The fourth-order valence-corrected chi connectivity index (χ4v) is 3.43. The summed E-state index contributed by atoms with van der Waals surface area (Å²) in [6.07, 6.45) is 0.106. The van der Waals surface area contributed by atoms with Gasteiger partial charge in [0.25, 0.3) is 11.8 Å². The third kappa shape index (κ3) is 4.92. The van der Waals surface area contributed by atoms with E-state index in [9.17, 15) is 19.5 Å².